The average molecular weight is 232 g/mol. The van der Waals surface area contributed by atoms with Crippen LogP contribution in [-0.2, 0) is 11.2 Å². The molecular formula is C14H20N2O. The number of nitrogens with one attached hydrogen (secondary N) is 1. The monoisotopic (exact) mass is 232 g/mol. The number of carbonyl (C=O) groups excluding carboxylic acids is 1. The molecule has 1 aromatic rings. The average Bonchev–Trinajstić information content (AvgIpc) is 2.79. The second-order valence-electron chi connectivity index (χ2n) is 4.97. The Morgan fingerprint density at radius 1 is 1.35 bits per heavy atom. The molecule has 0 aliphatic carbocycles. The van der Waals surface area contributed by atoms with Crippen molar-refractivity contribution in [3.8, 4) is 0 Å². The van der Waals surface area contributed by atoms with Crippen molar-refractivity contribution < 1.29 is 4.79 Å². The van der Waals surface area contributed by atoms with Crippen molar-refractivity contribution in [3.63, 3.8) is 0 Å². The fourth-order valence-corrected chi connectivity index (χ4v) is 2.59. The summed E-state index contributed by atoms with van der Waals surface area (Å²) in [6.45, 7) is 0.937. The van der Waals surface area contributed by atoms with Gasteiger partial charge in [0.25, 0.3) is 0 Å². The van der Waals surface area contributed by atoms with E-state index in [2.05, 4.69) is 17.4 Å². The van der Waals surface area contributed by atoms with Crippen molar-refractivity contribution in [2.45, 2.75) is 24.8 Å². The minimum Gasteiger partial charge on any atom is -0.347 e. The van der Waals surface area contributed by atoms with Crippen LogP contribution in [0.25, 0.3) is 0 Å². The molecule has 1 aliphatic heterocycles. The van der Waals surface area contributed by atoms with Gasteiger partial charge in [-0.2, -0.15) is 0 Å². The molecule has 1 fully saturated rings. The minimum absolute atomic E-state index is 0.193. The van der Waals surface area contributed by atoms with Gasteiger partial charge in [0.05, 0.1) is 0 Å². The van der Waals surface area contributed by atoms with E-state index in [-0.39, 0.29) is 11.4 Å². The Labute approximate surface area is 103 Å². The highest BCUT2D eigenvalue weighted by Gasteiger charge is 2.41. The van der Waals surface area contributed by atoms with Crippen LogP contribution in [-0.4, -0.2) is 37.0 Å². The fraction of sp³-hybridized carbons (Fsp3) is 0.500. The first-order valence-corrected chi connectivity index (χ1v) is 6.15. The van der Waals surface area contributed by atoms with Crippen molar-refractivity contribution in [1.29, 1.82) is 0 Å². The zero-order valence-electron chi connectivity index (χ0n) is 10.6. The van der Waals surface area contributed by atoms with E-state index in [1.165, 1.54) is 5.56 Å². The lowest BCUT2D eigenvalue weighted by molar-refractivity contribution is -0.135. The summed E-state index contributed by atoms with van der Waals surface area (Å²) in [6, 6.07) is 10.2. The van der Waals surface area contributed by atoms with Crippen LogP contribution in [0.1, 0.15) is 18.4 Å². The van der Waals surface area contributed by atoms with Crippen LogP contribution in [0.5, 0.6) is 0 Å². The summed E-state index contributed by atoms with van der Waals surface area (Å²) >= 11 is 0. The lowest BCUT2D eigenvalue weighted by Crippen LogP contribution is -2.54. The van der Waals surface area contributed by atoms with Gasteiger partial charge in [0.2, 0.25) is 5.91 Å². The molecular weight excluding hydrogens is 212 g/mol. The zero-order chi connectivity index (χ0) is 12.3. The summed E-state index contributed by atoms with van der Waals surface area (Å²) in [6.07, 6.45) is 2.79. The van der Waals surface area contributed by atoms with E-state index in [0.717, 1.165) is 25.8 Å². The predicted molar refractivity (Wildman–Crippen MR) is 68.8 cm³/mol. The van der Waals surface area contributed by atoms with Gasteiger partial charge in [0, 0.05) is 14.1 Å². The maximum Gasteiger partial charge on any atom is 0.242 e. The molecule has 0 radical (unpaired) electrons. The Hall–Kier alpha value is -1.35. The SMILES string of the molecule is CN(C)C(=O)[C@]1(Cc2ccccc2)CCCN1. The van der Waals surface area contributed by atoms with Crippen molar-refractivity contribution in [2.24, 2.45) is 0 Å². The number of likely N-dealkylation sites (N-methyl/N-ethyl adjacent to an activating group) is 1. The number of hydrogen-bond donors (Lipinski definition) is 1. The van der Waals surface area contributed by atoms with E-state index in [4.69, 9.17) is 0 Å². The van der Waals surface area contributed by atoms with Gasteiger partial charge in [-0.25, -0.2) is 0 Å². The largest absolute Gasteiger partial charge is 0.347 e. The van der Waals surface area contributed by atoms with Crippen LogP contribution in [0.15, 0.2) is 30.3 Å². The van der Waals surface area contributed by atoms with Gasteiger partial charge in [-0.15, -0.1) is 0 Å². The van der Waals surface area contributed by atoms with Gasteiger partial charge < -0.3 is 10.2 Å². The first kappa shape index (κ1) is 12.1. The third-order valence-corrected chi connectivity index (χ3v) is 3.41. The molecule has 1 aliphatic rings. The van der Waals surface area contributed by atoms with Crippen LogP contribution in [0.3, 0.4) is 0 Å². The third kappa shape index (κ3) is 2.50. The van der Waals surface area contributed by atoms with E-state index < -0.39 is 0 Å². The second kappa shape index (κ2) is 4.88. The predicted octanol–water partition coefficient (Wildman–Crippen LogP) is 1.44. The minimum atomic E-state index is -0.384. The van der Waals surface area contributed by atoms with Gasteiger partial charge in [-0.05, 0) is 31.4 Å². The standard InChI is InChI=1S/C14H20N2O/c1-16(2)13(17)14(9-6-10-15-14)11-12-7-4-3-5-8-12/h3-5,7-8,15H,6,9-11H2,1-2H3/t14-/m1/s1. The Kier molecular flexibility index (Phi) is 3.48. The Bertz CT molecular complexity index is 380. The van der Waals surface area contributed by atoms with Gasteiger partial charge in [-0.3, -0.25) is 4.79 Å². The lowest BCUT2D eigenvalue weighted by atomic mass is 9.88. The lowest BCUT2D eigenvalue weighted by Gasteiger charge is -2.31. The van der Waals surface area contributed by atoms with E-state index in [9.17, 15) is 4.79 Å². The molecule has 1 saturated heterocycles. The highest BCUT2D eigenvalue weighted by atomic mass is 16.2. The normalized spacial score (nSPS) is 23.6. The summed E-state index contributed by atoms with van der Waals surface area (Å²) < 4.78 is 0. The van der Waals surface area contributed by atoms with Crippen LogP contribution >= 0.6 is 0 Å². The molecule has 1 N–H and O–H groups in total. The maximum atomic E-state index is 12.3. The van der Waals surface area contributed by atoms with Crippen LogP contribution < -0.4 is 5.32 Å². The van der Waals surface area contributed by atoms with Gasteiger partial charge in [-0.1, -0.05) is 30.3 Å². The summed E-state index contributed by atoms with van der Waals surface area (Å²) in [7, 11) is 3.66. The Balaban J connectivity index is 2.21. The molecule has 1 heterocycles. The number of hydrogen-bond acceptors (Lipinski definition) is 2. The molecule has 92 valence electrons. The molecule has 0 saturated carbocycles. The molecule has 3 heteroatoms. The van der Waals surface area contributed by atoms with Gasteiger partial charge in [0.1, 0.15) is 5.54 Å². The summed E-state index contributed by atoms with van der Waals surface area (Å²) in [5.41, 5.74) is 0.835. The molecule has 1 aromatic carbocycles. The molecule has 0 unspecified atom stereocenters. The second-order valence-corrected chi connectivity index (χ2v) is 4.97. The van der Waals surface area contributed by atoms with E-state index in [1.807, 2.05) is 32.3 Å². The highest BCUT2D eigenvalue weighted by molar-refractivity contribution is 5.86. The quantitative estimate of drug-likeness (QED) is 0.855. The van der Waals surface area contributed by atoms with Gasteiger partial charge in [0.15, 0.2) is 0 Å². The number of carbonyl (C=O) groups is 1. The van der Waals surface area contributed by atoms with E-state index >= 15 is 0 Å². The number of benzene rings is 1. The van der Waals surface area contributed by atoms with Crippen LogP contribution in [0.4, 0.5) is 0 Å². The van der Waals surface area contributed by atoms with Crippen molar-refractivity contribution >= 4 is 5.91 Å². The Morgan fingerprint density at radius 3 is 2.59 bits per heavy atom. The topological polar surface area (TPSA) is 32.3 Å². The molecule has 3 nitrogen and oxygen atoms in total. The molecule has 0 spiro atoms. The maximum absolute atomic E-state index is 12.3. The number of rotatable bonds is 3. The van der Waals surface area contributed by atoms with E-state index in [1.54, 1.807) is 4.90 Å². The molecule has 2 rings (SSSR count). The summed E-state index contributed by atoms with van der Waals surface area (Å²) in [5.74, 6) is 0.193. The zero-order valence-corrected chi connectivity index (χ0v) is 10.6. The number of nitrogens with zero attached hydrogens (tertiary/aromatic N) is 1. The molecule has 0 bridgehead atoms. The summed E-state index contributed by atoms with van der Waals surface area (Å²) in [5, 5.41) is 3.41. The van der Waals surface area contributed by atoms with Crippen molar-refractivity contribution in [1.82, 2.24) is 10.2 Å². The third-order valence-electron chi connectivity index (χ3n) is 3.41. The van der Waals surface area contributed by atoms with Crippen LogP contribution in [0, 0.1) is 0 Å². The molecule has 0 aromatic heterocycles. The van der Waals surface area contributed by atoms with Gasteiger partial charge >= 0.3 is 0 Å². The van der Waals surface area contributed by atoms with E-state index in [0.29, 0.717) is 0 Å². The van der Waals surface area contributed by atoms with Crippen LogP contribution in [0.2, 0.25) is 0 Å². The smallest absolute Gasteiger partial charge is 0.242 e. The first-order chi connectivity index (χ1) is 8.14. The molecule has 1 atom stereocenters. The molecule has 1 amide bonds. The first-order valence-electron chi connectivity index (χ1n) is 6.15. The highest BCUT2D eigenvalue weighted by Crippen LogP contribution is 2.25. The fourth-order valence-electron chi connectivity index (χ4n) is 2.59. The summed E-state index contributed by atoms with van der Waals surface area (Å²) in [4.78, 5) is 14.0. The Morgan fingerprint density at radius 2 is 2.06 bits per heavy atom. The molecule has 17 heavy (non-hydrogen) atoms. The van der Waals surface area contributed by atoms with Crippen molar-refractivity contribution in [2.75, 3.05) is 20.6 Å². The van der Waals surface area contributed by atoms with Crippen molar-refractivity contribution in [3.05, 3.63) is 35.9 Å². The number of amides is 1.